The number of amides is 1. The third-order valence-corrected chi connectivity index (χ3v) is 5.01. The molecule has 156 valence electrons. The molecule has 3 rings (SSSR count). The van der Waals surface area contributed by atoms with E-state index in [1.807, 2.05) is 25.1 Å². The van der Waals surface area contributed by atoms with Crippen molar-refractivity contribution in [3.05, 3.63) is 75.6 Å². The van der Waals surface area contributed by atoms with Gasteiger partial charge in [-0.2, -0.15) is 0 Å². The van der Waals surface area contributed by atoms with Crippen LogP contribution < -0.4 is 15.7 Å². The predicted octanol–water partition coefficient (Wildman–Crippen LogP) is 2.99. The second-order valence-electron chi connectivity index (χ2n) is 7.15. The summed E-state index contributed by atoms with van der Waals surface area (Å²) in [5.41, 5.74) is 2.11. The summed E-state index contributed by atoms with van der Waals surface area (Å²) in [5, 5.41) is 12.7. The predicted molar refractivity (Wildman–Crippen MR) is 112 cm³/mol. The molecule has 0 aliphatic rings. The minimum Gasteiger partial charge on any atom is -0.481 e. The zero-order valence-corrected chi connectivity index (χ0v) is 17.0. The third kappa shape index (κ3) is 4.68. The number of carbonyl (C=O) groups is 2. The Labute approximate surface area is 173 Å². The zero-order valence-electron chi connectivity index (χ0n) is 17.0. The van der Waals surface area contributed by atoms with Crippen LogP contribution in [-0.2, 0) is 16.0 Å². The monoisotopic (exact) mass is 409 g/mol. The Balaban J connectivity index is 1.72. The summed E-state index contributed by atoms with van der Waals surface area (Å²) in [6, 6.07) is 13.0. The molecular weight excluding hydrogens is 386 g/mol. The number of hydrogen-bond acceptors (Lipinski definition) is 5. The highest BCUT2D eigenvalue weighted by molar-refractivity contribution is 5.87. The molecule has 1 amide bonds. The van der Waals surface area contributed by atoms with Gasteiger partial charge in [0.25, 0.3) is 5.91 Å². The first-order valence-corrected chi connectivity index (χ1v) is 9.54. The molecule has 1 unspecified atom stereocenters. The van der Waals surface area contributed by atoms with Crippen LogP contribution in [0.4, 0.5) is 0 Å². The molecule has 0 saturated heterocycles. The summed E-state index contributed by atoms with van der Waals surface area (Å²) in [7, 11) is 0. The van der Waals surface area contributed by atoms with Gasteiger partial charge >= 0.3 is 11.6 Å². The lowest BCUT2D eigenvalue weighted by molar-refractivity contribution is -0.142. The number of benzene rings is 2. The van der Waals surface area contributed by atoms with E-state index in [9.17, 15) is 19.5 Å². The highest BCUT2D eigenvalue weighted by Crippen LogP contribution is 2.24. The molecule has 0 aliphatic heterocycles. The van der Waals surface area contributed by atoms with Gasteiger partial charge in [-0.15, -0.1) is 0 Å². The Morgan fingerprint density at radius 3 is 2.47 bits per heavy atom. The fourth-order valence-corrected chi connectivity index (χ4v) is 3.10. The third-order valence-electron chi connectivity index (χ3n) is 5.01. The van der Waals surface area contributed by atoms with Crippen LogP contribution in [0.3, 0.4) is 0 Å². The van der Waals surface area contributed by atoms with E-state index in [2.05, 4.69) is 5.32 Å². The molecule has 1 aromatic heterocycles. The van der Waals surface area contributed by atoms with Crippen molar-refractivity contribution in [2.75, 3.05) is 0 Å². The topological polar surface area (TPSA) is 106 Å². The molecule has 30 heavy (non-hydrogen) atoms. The fraction of sp³-hybridized carbons (Fsp3) is 0.261. The van der Waals surface area contributed by atoms with Crippen LogP contribution in [0, 0.1) is 13.8 Å². The minimum absolute atomic E-state index is 0.161. The number of fused-ring (bicyclic) bond motifs is 1. The van der Waals surface area contributed by atoms with Crippen molar-refractivity contribution in [2.24, 2.45) is 0 Å². The van der Waals surface area contributed by atoms with Crippen LogP contribution in [0.25, 0.3) is 11.0 Å². The molecule has 0 saturated carbocycles. The minimum atomic E-state index is -1.13. The first-order chi connectivity index (χ1) is 14.3. The number of nitrogens with one attached hydrogen (secondary N) is 1. The molecule has 1 heterocycles. The zero-order chi connectivity index (χ0) is 21.8. The van der Waals surface area contributed by atoms with Crippen LogP contribution in [0.5, 0.6) is 5.75 Å². The molecule has 2 N–H and O–H groups in total. The largest absolute Gasteiger partial charge is 0.481 e. The van der Waals surface area contributed by atoms with Gasteiger partial charge in [0, 0.05) is 23.4 Å². The molecular formula is C23H23NO6. The standard InChI is InChI=1S/C23H23NO6/c1-13-14(2)23(28)30-20-12-17(9-10-18(13)20)29-15(3)21(25)24-19(22(26)27)11-16-7-5-4-6-8-16/h4-10,12,15,19H,11H2,1-3H3,(H,24,25)(H,26,27)/t15?,19-/m0/s1. The number of carbonyl (C=O) groups excluding carboxylic acids is 1. The van der Waals surface area contributed by atoms with Gasteiger partial charge < -0.3 is 19.6 Å². The van der Waals surface area contributed by atoms with E-state index in [0.29, 0.717) is 16.9 Å². The lowest BCUT2D eigenvalue weighted by Gasteiger charge is -2.19. The number of hydrogen-bond donors (Lipinski definition) is 2. The summed E-state index contributed by atoms with van der Waals surface area (Å²) >= 11 is 0. The van der Waals surface area contributed by atoms with Gasteiger partial charge in [0.05, 0.1) is 0 Å². The van der Waals surface area contributed by atoms with Crippen molar-refractivity contribution in [1.29, 1.82) is 0 Å². The summed E-state index contributed by atoms with van der Waals surface area (Å²) in [4.78, 5) is 36.0. The van der Waals surface area contributed by atoms with Crippen LogP contribution in [0.1, 0.15) is 23.6 Å². The number of ether oxygens (including phenoxy) is 1. The summed E-state index contributed by atoms with van der Waals surface area (Å²) < 4.78 is 11.0. The SMILES string of the molecule is Cc1c(C)c2ccc(OC(C)C(=O)N[C@@H](Cc3ccccc3)C(=O)O)cc2oc1=O. The van der Waals surface area contributed by atoms with E-state index >= 15 is 0 Å². The van der Waals surface area contributed by atoms with Gasteiger partial charge in [-0.1, -0.05) is 30.3 Å². The Hall–Kier alpha value is -3.61. The molecule has 0 fully saturated rings. The molecule has 0 radical (unpaired) electrons. The quantitative estimate of drug-likeness (QED) is 0.581. The maximum atomic E-state index is 12.5. The van der Waals surface area contributed by atoms with Crippen molar-refractivity contribution in [1.82, 2.24) is 5.32 Å². The first-order valence-electron chi connectivity index (χ1n) is 9.54. The molecule has 0 bridgehead atoms. The van der Waals surface area contributed by atoms with Crippen LogP contribution in [-0.4, -0.2) is 29.1 Å². The molecule has 3 aromatic rings. The summed E-state index contributed by atoms with van der Waals surface area (Å²) in [6.45, 7) is 5.06. The number of carboxylic acid groups (broad SMARTS) is 1. The Morgan fingerprint density at radius 2 is 1.80 bits per heavy atom. The van der Waals surface area contributed by atoms with Crippen molar-refractivity contribution in [3.8, 4) is 5.75 Å². The van der Waals surface area contributed by atoms with Gasteiger partial charge in [-0.3, -0.25) is 4.79 Å². The second kappa shape index (κ2) is 8.82. The maximum Gasteiger partial charge on any atom is 0.339 e. The van der Waals surface area contributed by atoms with Crippen molar-refractivity contribution < 1.29 is 23.8 Å². The molecule has 2 atom stereocenters. The molecule has 0 spiro atoms. The van der Waals surface area contributed by atoms with E-state index in [1.54, 1.807) is 37.3 Å². The molecule has 7 nitrogen and oxygen atoms in total. The van der Waals surface area contributed by atoms with Crippen molar-refractivity contribution in [2.45, 2.75) is 39.3 Å². The number of aliphatic carboxylic acids is 1. The summed E-state index contributed by atoms with van der Waals surface area (Å²) in [6.07, 6.45) is -0.785. The van der Waals surface area contributed by atoms with Gasteiger partial charge in [-0.05, 0) is 44.0 Å². The van der Waals surface area contributed by atoms with Gasteiger partial charge in [0.2, 0.25) is 0 Å². The first kappa shape index (κ1) is 21.1. The van der Waals surface area contributed by atoms with E-state index < -0.39 is 29.6 Å². The van der Waals surface area contributed by atoms with E-state index in [0.717, 1.165) is 16.5 Å². The second-order valence-corrected chi connectivity index (χ2v) is 7.15. The van der Waals surface area contributed by atoms with E-state index in [4.69, 9.17) is 9.15 Å². The number of carboxylic acids is 1. The highest BCUT2D eigenvalue weighted by atomic mass is 16.5. The normalized spacial score (nSPS) is 12.9. The summed E-state index contributed by atoms with van der Waals surface area (Å²) in [5.74, 6) is -1.34. The van der Waals surface area contributed by atoms with E-state index in [-0.39, 0.29) is 6.42 Å². The average molecular weight is 409 g/mol. The van der Waals surface area contributed by atoms with Crippen LogP contribution in [0.2, 0.25) is 0 Å². The van der Waals surface area contributed by atoms with Crippen molar-refractivity contribution in [3.63, 3.8) is 0 Å². The number of aryl methyl sites for hydroxylation is 1. The molecule has 0 aliphatic carbocycles. The van der Waals surface area contributed by atoms with Gasteiger partial charge in [0.15, 0.2) is 6.10 Å². The lowest BCUT2D eigenvalue weighted by Crippen LogP contribution is -2.47. The van der Waals surface area contributed by atoms with Gasteiger partial charge in [0.1, 0.15) is 17.4 Å². The fourth-order valence-electron chi connectivity index (χ4n) is 3.10. The van der Waals surface area contributed by atoms with Crippen LogP contribution in [0.15, 0.2) is 57.7 Å². The highest BCUT2D eigenvalue weighted by Gasteiger charge is 2.24. The van der Waals surface area contributed by atoms with E-state index in [1.165, 1.54) is 6.92 Å². The lowest BCUT2D eigenvalue weighted by atomic mass is 10.1. The molecule has 2 aromatic carbocycles. The van der Waals surface area contributed by atoms with Gasteiger partial charge in [-0.25, -0.2) is 9.59 Å². The maximum absolute atomic E-state index is 12.5. The smallest absolute Gasteiger partial charge is 0.339 e. The molecule has 7 heteroatoms. The van der Waals surface area contributed by atoms with Crippen LogP contribution >= 0.6 is 0 Å². The number of rotatable bonds is 7. The average Bonchev–Trinajstić information content (AvgIpc) is 2.72. The Bertz CT molecular complexity index is 1140. The van der Waals surface area contributed by atoms with Crippen molar-refractivity contribution >= 4 is 22.8 Å². The Morgan fingerprint density at radius 1 is 1.10 bits per heavy atom. The Kier molecular flexibility index (Phi) is 6.20.